The number of likely N-dealkylation sites (N-methyl/N-ethyl adjacent to an activating group) is 1. The standard InChI is InChI=1S/C13H28N2O/c1-3-4-5-6-7-8-9-10-11-15(2)12-13(14)16/h3-12H2,1-2H3,(H2,14,16). The third kappa shape index (κ3) is 11.5. The van der Waals surface area contributed by atoms with E-state index in [4.69, 9.17) is 5.73 Å². The molecule has 1 amide bonds. The smallest absolute Gasteiger partial charge is 0.231 e. The molecular formula is C13H28N2O. The zero-order valence-corrected chi connectivity index (χ0v) is 11.0. The fourth-order valence-corrected chi connectivity index (χ4v) is 1.86. The number of amides is 1. The molecule has 0 aliphatic carbocycles. The average Bonchev–Trinajstić information content (AvgIpc) is 2.21. The number of carbonyl (C=O) groups is 1. The van der Waals surface area contributed by atoms with Gasteiger partial charge in [0.25, 0.3) is 0 Å². The van der Waals surface area contributed by atoms with Crippen molar-refractivity contribution in [3.63, 3.8) is 0 Å². The van der Waals surface area contributed by atoms with Crippen LogP contribution in [0, 0.1) is 0 Å². The molecule has 0 atom stereocenters. The molecule has 0 rings (SSSR count). The quantitative estimate of drug-likeness (QED) is 0.552. The van der Waals surface area contributed by atoms with Gasteiger partial charge in [-0.2, -0.15) is 0 Å². The largest absolute Gasteiger partial charge is 0.369 e. The highest BCUT2D eigenvalue weighted by Gasteiger charge is 2.01. The van der Waals surface area contributed by atoms with Crippen molar-refractivity contribution in [3.05, 3.63) is 0 Å². The summed E-state index contributed by atoms with van der Waals surface area (Å²) in [5.74, 6) is -0.234. The number of hydrogen-bond acceptors (Lipinski definition) is 2. The predicted molar refractivity (Wildman–Crippen MR) is 69.3 cm³/mol. The van der Waals surface area contributed by atoms with Crippen molar-refractivity contribution in [3.8, 4) is 0 Å². The van der Waals surface area contributed by atoms with Gasteiger partial charge in [-0.15, -0.1) is 0 Å². The molecule has 2 N–H and O–H groups in total. The monoisotopic (exact) mass is 228 g/mol. The van der Waals surface area contributed by atoms with Crippen molar-refractivity contribution in [1.82, 2.24) is 4.90 Å². The van der Waals surface area contributed by atoms with Gasteiger partial charge in [0.05, 0.1) is 6.54 Å². The number of unbranched alkanes of at least 4 members (excludes halogenated alkanes) is 7. The van der Waals surface area contributed by atoms with E-state index in [0.29, 0.717) is 6.54 Å². The van der Waals surface area contributed by atoms with Crippen molar-refractivity contribution in [1.29, 1.82) is 0 Å². The number of nitrogens with two attached hydrogens (primary N) is 1. The van der Waals surface area contributed by atoms with E-state index in [-0.39, 0.29) is 5.91 Å². The summed E-state index contributed by atoms with van der Waals surface area (Å²) in [4.78, 5) is 12.6. The van der Waals surface area contributed by atoms with Crippen molar-refractivity contribution in [2.24, 2.45) is 5.73 Å². The maximum absolute atomic E-state index is 10.6. The Balaban J connectivity index is 3.11. The summed E-state index contributed by atoms with van der Waals surface area (Å²) >= 11 is 0. The first-order valence-corrected chi connectivity index (χ1v) is 6.63. The topological polar surface area (TPSA) is 46.3 Å². The van der Waals surface area contributed by atoms with E-state index in [9.17, 15) is 4.79 Å². The van der Waals surface area contributed by atoms with E-state index in [1.54, 1.807) is 0 Å². The number of rotatable bonds is 11. The third-order valence-corrected chi connectivity index (χ3v) is 2.82. The van der Waals surface area contributed by atoms with Crippen molar-refractivity contribution in [2.75, 3.05) is 20.1 Å². The van der Waals surface area contributed by atoms with Gasteiger partial charge >= 0.3 is 0 Å². The molecule has 96 valence electrons. The maximum Gasteiger partial charge on any atom is 0.231 e. The molecule has 0 heterocycles. The Bertz CT molecular complexity index is 171. The summed E-state index contributed by atoms with van der Waals surface area (Å²) in [6.07, 6.45) is 10.6. The lowest BCUT2D eigenvalue weighted by molar-refractivity contribution is -0.118. The molecule has 0 aromatic carbocycles. The minimum atomic E-state index is -0.234. The molecule has 3 heteroatoms. The first-order chi connectivity index (χ1) is 7.66. The van der Waals surface area contributed by atoms with Gasteiger partial charge in [-0.25, -0.2) is 0 Å². The minimum absolute atomic E-state index is 0.234. The Labute approximate surface area is 100 Å². The van der Waals surface area contributed by atoms with Crippen LogP contribution in [0.15, 0.2) is 0 Å². The Hall–Kier alpha value is -0.570. The summed E-state index contributed by atoms with van der Waals surface area (Å²) in [7, 11) is 1.95. The van der Waals surface area contributed by atoms with Gasteiger partial charge in [-0.1, -0.05) is 51.9 Å². The van der Waals surface area contributed by atoms with Crippen LogP contribution in [-0.4, -0.2) is 30.9 Å². The molecular weight excluding hydrogens is 200 g/mol. The molecule has 0 saturated carbocycles. The molecule has 0 radical (unpaired) electrons. The lowest BCUT2D eigenvalue weighted by Crippen LogP contribution is -2.31. The van der Waals surface area contributed by atoms with Gasteiger partial charge in [0.15, 0.2) is 0 Å². The zero-order chi connectivity index (χ0) is 12.2. The van der Waals surface area contributed by atoms with Crippen molar-refractivity contribution < 1.29 is 4.79 Å². The fourth-order valence-electron chi connectivity index (χ4n) is 1.86. The Morgan fingerprint density at radius 3 is 2.00 bits per heavy atom. The normalized spacial score (nSPS) is 10.9. The molecule has 16 heavy (non-hydrogen) atoms. The zero-order valence-electron chi connectivity index (χ0n) is 11.0. The van der Waals surface area contributed by atoms with Crippen LogP contribution < -0.4 is 5.73 Å². The minimum Gasteiger partial charge on any atom is -0.369 e. The Morgan fingerprint density at radius 1 is 1.00 bits per heavy atom. The fraction of sp³-hybridized carbons (Fsp3) is 0.923. The van der Waals surface area contributed by atoms with Gasteiger partial charge in [0.1, 0.15) is 0 Å². The van der Waals surface area contributed by atoms with E-state index in [1.165, 1.54) is 51.4 Å². The van der Waals surface area contributed by atoms with Gasteiger partial charge < -0.3 is 5.73 Å². The van der Waals surface area contributed by atoms with Crippen molar-refractivity contribution in [2.45, 2.75) is 58.3 Å². The summed E-state index contributed by atoms with van der Waals surface area (Å²) < 4.78 is 0. The summed E-state index contributed by atoms with van der Waals surface area (Å²) in [5.41, 5.74) is 5.11. The van der Waals surface area contributed by atoms with Gasteiger partial charge in [0, 0.05) is 0 Å². The third-order valence-electron chi connectivity index (χ3n) is 2.82. The first-order valence-electron chi connectivity index (χ1n) is 6.63. The van der Waals surface area contributed by atoms with Crippen LogP contribution in [-0.2, 0) is 4.79 Å². The van der Waals surface area contributed by atoms with Crippen LogP contribution in [0.5, 0.6) is 0 Å². The lowest BCUT2D eigenvalue weighted by Gasteiger charge is -2.13. The molecule has 0 aliphatic heterocycles. The van der Waals surface area contributed by atoms with E-state index < -0.39 is 0 Å². The molecule has 0 aromatic heterocycles. The van der Waals surface area contributed by atoms with Crippen LogP contribution >= 0.6 is 0 Å². The number of nitrogens with zero attached hydrogens (tertiary/aromatic N) is 1. The Morgan fingerprint density at radius 2 is 1.50 bits per heavy atom. The number of primary amides is 1. The molecule has 0 aromatic rings. The van der Waals surface area contributed by atoms with E-state index in [1.807, 2.05) is 11.9 Å². The lowest BCUT2D eigenvalue weighted by atomic mass is 10.1. The first kappa shape index (κ1) is 15.4. The number of carbonyl (C=O) groups excluding carboxylic acids is 1. The molecule has 0 bridgehead atoms. The summed E-state index contributed by atoms with van der Waals surface area (Å²) in [6, 6.07) is 0. The van der Waals surface area contributed by atoms with E-state index in [2.05, 4.69) is 6.92 Å². The molecule has 0 fully saturated rings. The second-order valence-corrected chi connectivity index (χ2v) is 4.68. The molecule has 0 saturated heterocycles. The summed E-state index contributed by atoms with van der Waals surface area (Å²) in [5, 5.41) is 0. The van der Waals surface area contributed by atoms with Crippen LogP contribution in [0.25, 0.3) is 0 Å². The maximum atomic E-state index is 10.6. The second kappa shape index (κ2) is 10.9. The molecule has 0 spiro atoms. The van der Waals surface area contributed by atoms with E-state index >= 15 is 0 Å². The van der Waals surface area contributed by atoms with Crippen LogP contribution in [0.3, 0.4) is 0 Å². The summed E-state index contributed by atoms with van der Waals surface area (Å²) in [6.45, 7) is 3.61. The molecule has 0 aliphatic rings. The second-order valence-electron chi connectivity index (χ2n) is 4.68. The molecule has 0 unspecified atom stereocenters. The predicted octanol–water partition coefficient (Wildman–Crippen LogP) is 2.54. The van der Waals surface area contributed by atoms with Crippen LogP contribution in [0.2, 0.25) is 0 Å². The highest BCUT2D eigenvalue weighted by Crippen LogP contribution is 2.08. The molecule has 3 nitrogen and oxygen atoms in total. The van der Waals surface area contributed by atoms with E-state index in [0.717, 1.165) is 6.54 Å². The Kier molecular flexibility index (Phi) is 10.5. The highest BCUT2D eigenvalue weighted by atomic mass is 16.1. The average molecular weight is 228 g/mol. The highest BCUT2D eigenvalue weighted by molar-refractivity contribution is 5.75. The van der Waals surface area contributed by atoms with Crippen molar-refractivity contribution >= 4 is 5.91 Å². The SMILES string of the molecule is CCCCCCCCCCN(C)CC(N)=O. The van der Waals surface area contributed by atoms with Gasteiger partial charge in [-0.3, -0.25) is 9.69 Å². The van der Waals surface area contributed by atoms with Gasteiger partial charge in [-0.05, 0) is 20.0 Å². The number of hydrogen-bond donors (Lipinski definition) is 1. The van der Waals surface area contributed by atoms with Gasteiger partial charge in [0.2, 0.25) is 5.91 Å². The van der Waals surface area contributed by atoms with Crippen LogP contribution in [0.4, 0.5) is 0 Å². The van der Waals surface area contributed by atoms with Crippen LogP contribution in [0.1, 0.15) is 58.3 Å².